The van der Waals surface area contributed by atoms with Crippen LogP contribution in [0, 0.1) is 5.82 Å². The van der Waals surface area contributed by atoms with E-state index in [0.29, 0.717) is 20.9 Å². The smallest absolute Gasteiger partial charge is 0.226 e. The lowest BCUT2D eigenvalue weighted by atomic mass is 10.1. The van der Waals surface area contributed by atoms with E-state index in [1.165, 1.54) is 36.4 Å². The number of fused-ring (bicyclic) bond motifs is 1. The van der Waals surface area contributed by atoms with Crippen molar-refractivity contribution in [2.75, 3.05) is 11.6 Å². The number of anilines is 1. The van der Waals surface area contributed by atoms with E-state index in [-0.39, 0.29) is 29.4 Å². The minimum Gasteiger partial charge on any atom is -0.302 e. The van der Waals surface area contributed by atoms with Gasteiger partial charge in [-0.1, -0.05) is 11.3 Å². The summed E-state index contributed by atoms with van der Waals surface area (Å²) in [6, 6.07) is 9.69. The molecule has 0 bridgehead atoms. The van der Waals surface area contributed by atoms with Crippen LogP contribution in [0.5, 0.6) is 0 Å². The monoisotopic (exact) mass is 406 g/mol. The lowest BCUT2D eigenvalue weighted by Crippen LogP contribution is -2.13. The predicted octanol–water partition coefficient (Wildman–Crippen LogP) is 3.44. The molecule has 3 aromatic rings. The molecular formula is C18H15FN2O4S2. The predicted molar refractivity (Wildman–Crippen MR) is 101 cm³/mol. The number of sulfone groups is 1. The van der Waals surface area contributed by atoms with Crippen molar-refractivity contribution in [2.24, 2.45) is 0 Å². The molecular weight excluding hydrogens is 391 g/mol. The normalized spacial score (nSPS) is 11.5. The van der Waals surface area contributed by atoms with Gasteiger partial charge in [-0.25, -0.2) is 17.8 Å². The number of halogens is 1. The largest absolute Gasteiger partial charge is 0.302 e. The van der Waals surface area contributed by atoms with Crippen molar-refractivity contribution in [1.82, 2.24) is 4.98 Å². The summed E-state index contributed by atoms with van der Waals surface area (Å²) in [6.07, 6.45) is 1.07. The second kappa shape index (κ2) is 7.53. The fourth-order valence-electron chi connectivity index (χ4n) is 2.38. The number of Topliss-reactive ketones (excluding diaryl/α,β-unsaturated/α-hetero) is 1. The summed E-state index contributed by atoms with van der Waals surface area (Å²) in [6.45, 7) is 0. The molecule has 1 N–H and O–H groups in total. The fourth-order valence-corrected chi connectivity index (χ4v) is 4.02. The van der Waals surface area contributed by atoms with Gasteiger partial charge in [0.25, 0.3) is 0 Å². The van der Waals surface area contributed by atoms with E-state index in [1.54, 1.807) is 6.07 Å². The van der Waals surface area contributed by atoms with E-state index in [9.17, 15) is 22.4 Å². The topological polar surface area (TPSA) is 93.2 Å². The van der Waals surface area contributed by atoms with Gasteiger partial charge >= 0.3 is 0 Å². The van der Waals surface area contributed by atoms with Crippen LogP contribution in [0.25, 0.3) is 10.2 Å². The van der Waals surface area contributed by atoms with Crippen molar-refractivity contribution in [3.8, 4) is 0 Å². The standard InChI is InChI=1S/C18H15FN2O4S2/c1-27(24,25)13-6-7-14-16(10-13)26-18(20-14)21-17(23)9-8-15(22)11-2-4-12(19)5-3-11/h2-7,10H,8-9H2,1H3,(H,20,21,23). The van der Waals surface area contributed by atoms with Gasteiger partial charge in [0.1, 0.15) is 5.82 Å². The SMILES string of the molecule is CS(=O)(=O)c1ccc2nc(NC(=O)CCC(=O)c3ccc(F)cc3)sc2c1. The third-order valence-electron chi connectivity index (χ3n) is 3.78. The summed E-state index contributed by atoms with van der Waals surface area (Å²) in [5.41, 5.74) is 0.919. The van der Waals surface area contributed by atoms with Crippen LogP contribution in [0.2, 0.25) is 0 Å². The van der Waals surface area contributed by atoms with Crippen molar-refractivity contribution in [3.05, 3.63) is 53.8 Å². The number of carbonyl (C=O) groups is 2. The van der Waals surface area contributed by atoms with Crippen LogP contribution < -0.4 is 5.32 Å². The molecule has 0 aliphatic rings. The van der Waals surface area contributed by atoms with Crippen LogP contribution in [0.15, 0.2) is 47.4 Å². The minimum absolute atomic E-state index is 0.0133. The fraction of sp³-hybridized carbons (Fsp3) is 0.167. The summed E-state index contributed by atoms with van der Waals surface area (Å²) in [5, 5.41) is 2.94. The maximum absolute atomic E-state index is 12.9. The van der Waals surface area contributed by atoms with Crippen LogP contribution >= 0.6 is 11.3 Å². The first kappa shape index (κ1) is 19.1. The molecule has 0 aliphatic heterocycles. The summed E-state index contributed by atoms with van der Waals surface area (Å²) in [4.78, 5) is 28.5. The van der Waals surface area contributed by atoms with Crippen molar-refractivity contribution in [2.45, 2.75) is 17.7 Å². The number of nitrogens with one attached hydrogen (secondary N) is 1. The number of ketones is 1. The van der Waals surface area contributed by atoms with Crippen LogP contribution in [-0.2, 0) is 14.6 Å². The van der Waals surface area contributed by atoms with E-state index in [2.05, 4.69) is 10.3 Å². The number of hydrogen-bond acceptors (Lipinski definition) is 6. The number of amides is 1. The molecule has 0 aliphatic carbocycles. The molecule has 0 saturated heterocycles. The van der Waals surface area contributed by atoms with E-state index < -0.39 is 15.7 Å². The molecule has 140 valence electrons. The molecule has 2 aromatic carbocycles. The Labute approximate surface area is 159 Å². The molecule has 9 heteroatoms. The lowest BCUT2D eigenvalue weighted by molar-refractivity contribution is -0.116. The van der Waals surface area contributed by atoms with E-state index >= 15 is 0 Å². The lowest BCUT2D eigenvalue weighted by Gasteiger charge is -2.02. The zero-order valence-electron chi connectivity index (χ0n) is 14.2. The van der Waals surface area contributed by atoms with Gasteiger partial charge in [0, 0.05) is 24.7 Å². The molecule has 1 aromatic heterocycles. The average molecular weight is 406 g/mol. The molecule has 0 saturated carbocycles. The third-order valence-corrected chi connectivity index (χ3v) is 5.82. The molecule has 1 amide bonds. The number of thiazole rings is 1. The van der Waals surface area contributed by atoms with E-state index in [0.717, 1.165) is 17.6 Å². The van der Waals surface area contributed by atoms with Crippen molar-refractivity contribution in [3.63, 3.8) is 0 Å². The number of aromatic nitrogens is 1. The highest BCUT2D eigenvalue weighted by atomic mass is 32.2. The molecule has 0 unspecified atom stereocenters. The molecule has 3 rings (SSSR count). The summed E-state index contributed by atoms with van der Waals surface area (Å²) >= 11 is 1.15. The second-order valence-corrected chi connectivity index (χ2v) is 8.95. The summed E-state index contributed by atoms with van der Waals surface area (Å²) in [7, 11) is -3.32. The first-order chi connectivity index (χ1) is 12.7. The Morgan fingerprint density at radius 2 is 1.81 bits per heavy atom. The maximum Gasteiger partial charge on any atom is 0.226 e. The highest BCUT2D eigenvalue weighted by Crippen LogP contribution is 2.28. The Bertz CT molecular complexity index is 1120. The van der Waals surface area contributed by atoms with Crippen molar-refractivity contribution < 1.29 is 22.4 Å². The number of benzene rings is 2. The van der Waals surface area contributed by atoms with Crippen LogP contribution in [-0.4, -0.2) is 31.3 Å². The van der Waals surface area contributed by atoms with Gasteiger partial charge in [-0.2, -0.15) is 0 Å². The summed E-state index contributed by atoms with van der Waals surface area (Å²) in [5.74, 6) is -1.07. The summed E-state index contributed by atoms with van der Waals surface area (Å²) < 4.78 is 36.7. The maximum atomic E-state index is 12.9. The van der Waals surface area contributed by atoms with Gasteiger partial charge in [-0.05, 0) is 42.5 Å². The van der Waals surface area contributed by atoms with Gasteiger partial charge in [-0.3, -0.25) is 9.59 Å². The highest BCUT2D eigenvalue weighted by Gasteiger charge is 2.13. The second-order valence-electron chi connectivity index (χ2n) is 5.90. The van der Waals surface area contributed by atoms with Gasteiger partial charge in [0.2, 0.25) is 5.91 Å². The number of rotatable bonds is 6. The first-order valence-corrected chi connectivity index (χ1v) is 10.6. The molecule has 0 radical (unpaired) electrons. The van der Waals surface area contributed by atoms with Gasteiger partial charge in [-0.15, -0.1) is 0 Å². The molecule has 0 spiro atoms. The third kappa shape index (κ3) is 4.75. The molecule has 0 fully saturated rings. The average Bonchev–Trinajstić information content (AvgIpc) is 3.00. The van der Waals surface area contributed by atoms with Gasteiger partial charge in [0.15, 0.2) is 20.8 Å². The van der Waals surface area contributed by atoms with Gasteiger partial charge < -0.3 is 5.32 Å². The van der Waals surface area contributed by atoms with Crippen LogP contribution in [0.1, 0.15) is 23.2 Å². The van der Waals surface area contributed by atoms with Crippen molar-refractivity contribution >= 4 is 48.2 Å². The number of carbonyl (C=O) groups excluding carboxylic acids is 2. The minimum atomic E-state index is -3.32. The Kier molecular flexibility index (Phi) is 5.33. The molecule has 1 heterocycles. The molecule has 6 nitrogen and oxygen atoms in total. The molecule has 0 atom stereocenters. The quantitative estimate of drug-likeness (QED) is 0.633. The van der Waals surface area contributed by atoms with E-state index in [4.69, 9.17) is 0 Å². The Hall–Kier alpha value is -2.65. The highest BCUT2D eigenvalue weighted by molar-refractivity contribution is 7.90. The van der Waals surface area contributed by atoms with Crippen molar-refractivity contribution in [1.29, 1.82) is 0 Å². The number of hydrogen-bond donors (Lipinski definition) is 1. The first-order valence-electron chi connectivity index (χ1n) is 7.91. The number of nitrogens with zero attached hydrogens (tertiary/aromatic N) is 1. The zero-order valence-corrected chi connectivity index (χ0v) is 15.9. The zero-order chi connectivity index (χ0) is 19.6. The Morgan fingerprint density at radius 3 is 2.48 bits per heavy atom. The Balaban J connectivity index is 1.63. The van der Waals surface area contributed by atoms with Crippen LogP contribution in [0.4, 0.5) is 9.52 Å². The van der Waals surface area contributed by atoms with Gasteiger partial charge in [0.05, 0.1) is 15.1 Å². The molecule has 27 heavy (non-hydrogen) atoms. The van der Waals surface area contributed by atoms with Crippen LogP contribution in [0.3, 0.4) is 0 Å². The van der Waals surface area contributed by atoms with E-state index in [1.807, 2.05) is 0 Å². The Morgan fingerprint density at radius 1 is 1.11 bits per heavy atom.